The number of aryl methyl sites for hydroxylation is 1. The number of aromatic nitrogens is 2. The van der Waals surface area contributed by atoms with E-state index in [1.54, 1.807) is 0 Å². The van der Waals surface area contributed by atoms with Crippen molar-refractivity contribution in [1.29, 1.82) is 0 Å². The van der Waals surface area contributed by atoms with E-state index in [1.165, 1.54) is 0 Å². The van der Waals surface area contributed by atoms with Crippen molar-refractivity contribution < 1.29 is 9.90 Å². The molecular weight excluding hydrogens is 240 g/mol. The number of aromatic carboxylic acids is 1. The largest absolute Gasteiger partial charge is 0.477 e. The van der Waals surface area contributed by atoms with E-state index in [1.807, 2.05) is 25.3 Å². The molecule has 0 fully saturated rings. The fourth-order valence-corrected chi connectivity index (χ4v) is 2.22. The van der Waals surface area contributed by atoms with Gasteiger partial charge in [0.05, 0.1) is 5.69 Å². The van der Waals surface area contributed by atoms with Crippen LogP contribution in [0.1, 0.15) is 55.6 Å². The number of imidazole rings is 1. The highest BCUT2D eigenvalue weighted by atomic mass is 35.5. The van der Waals surface area contributed by atoms with Crippen LogP contribution in [0.25, 0.3) is 0 Å². The Morgan fingerprint density at radius 3 is 2.53 bits per heavy atom. The van der Waals surface area contributed by atoms with E-state index in [9.17, 15) is 9.90 Å². The minimum absolute atomic E-state index is 0. The topological polar surface area (TPSA) is 55.1 Å². The SMILES string of the molecule is CC(C)(C)c1nc2n(c1C(=O)O)CCCC2.Cl. The number of halogens is 1. The molecule has 0 atom stereocenters. The van der Waals surface area contributed by atoms with Crippen LogP contribution in [-0.4, -0.2) is 20.6 Å². The van der Waals surface area contributed by atoms with E-state index in [2.05, 4.69) is 4.98 Å². The molecule has 96 valence electrons. The van der Waals surface area contributed by atoms with Crippen LogP contribution in [0, 0.1) is 0 Å². The molecule has 1 aromatic rings. The smallest absolute Gasteiger partial charge is 0.354 e. The minimum atomic E-state index is -0.856. The number of fused-ring (bicyclic) bond motifs is 1. The van der Waals surface area contributed by atoms with Crippen molar-refractivity contribution in [1.82, 2.24) is 9.55 Å². The zero-order valence-electron chi connectivity index (χ0n) is 10.5. The number of hydrogen-bond acceptors (Lipinski definition) is 2. The van der Waals surface area contributed by atoms with Crippen molar-refractivity contribution in [2.24, 2.45) is 0 Å². The number of carboxylic acid groups (broad SMARTS) is 1. The third kappa shape index (κ3) is 2.46. The highest BCUT2D eigenvalue weighted by molar-refractivity contribution is 5.87. The number of rotatable bonds is 1. The molecular formula is C12H19ClN2O2. The Balaban J connectivity index is 0.00000144. The Morgan fingerprint density at radius 1 is 1.35 bits per heavy atom. The molecule has 0 saturated heterocycles. The molecule has 2 heterocycles. The first kappa shape index (κ1) is 14.0. The molecule has 0 amide bonds. The maximum atomic E-state index is 11.3. The van der Waals surface area contributed by atoms with E-state index in [0.717, 1.165) is 37.3 Å². The van der Waals surface area contributed by atoms with Crippen LogP contribution in [-0.2, 0) is 18.4 Å². The summed E-state index contributed by atoms with van der Waals surface area (Å²) < 4.78 is 1.88. The Hall–Kier alpha value is -1.03. The van der Waals surface area contributed by atoms with Gasteiger partial charge in [-0.1, -0.05) is 20.8 Å². The second kappa shape index (κ2) is 4.69. The quantitative estimate of drug-likeness (QED) is 0.843. The summed E-state index contributed by atoms with van der Waals surface area (Å²) in [5.74, 6) is 0.0825. The second-order valence-electron chi connectivity index (χ2n) is 5.39. The highest BCUT2D eigenvalue weighted by Gasteiger charge is 2.30. The standard InChI is InChI=1S/C12H18N2O2.ClH/c1-12(2,3)10-9(11(15)16)14-7-5-4-6-8(14)13-10;/h4-7H2,1-3H3,(H,15,16);1H. The third-order valence-corrected chi connectivity index (χ3v) is 2.99. The van der Waals surface area contributed by atoms with Crippen molar-refractivity contribution in [2.45, 2.75) is 52.0 Å². The predicted octanol–water partition coefficient (Wildman–Crippen LogP) is 2.64. The van der Waals surface area contributed by atoms with Gasteiger partial charge >= 0.3 is 5.97 Å². The van der Waals surface area contributed by atoms with Crippen LogP contribution in [0.2, 0.25) is 0 Å². The molecule has 0 unspecified atom stereocenters. The van der Waals surface area contributed by atoms with Crippen LogP contribution in [0.3, 0.4) is 0 Å². The van der Waals surface area contributed by atoms with Crippen molar-refractivity contribution >= 4 is 18.4 Å². The molecule has 1 aliphatic rings. The number of carbonyl (C=O) groups is 1. The average Bonchev–Trinajstić information content (AvgIpc) is 2.55. The Kier molecular flexibility index (Phi) is 3.87. The molecule has 4 nitrogen and oxygen atoms in total. The Morgan fingerprint density at radius 2 is 2.00 bits per heavy atom. The molecule has 17 heavy (non-hydrogen) atoms. The first-order valence-corrected chi connectivity index (χ1v) is 5.74. The third-order valence-electron chi connectivity index (χ3n) is 2.99. The number of carboxylic acids is 1. The molecule has 2 rings (SSSR count). The summed E-state index contributed by atoms with van der Waals surface area (Å²) in [5, 5.41) is 9.31. The molecule has 0 bridgehead atoms. The van der Waals surface area contributed by atoms with Crippen LogP contribution in [0.4, 0.5) is 0 Å². The van der Waals surface area contributed by atoms with Crippen molar-refractivity contribution in [3.8, 4) is 0 Å². The Bertz CT molecular complexity index is 432. The summed E-state index contributed by atoms with van der Waals surface area (Å²) in [5.41, 5.74) is 0.900. The summed E-state index contributed by atoms with van der Waals surface area (Å²) in [6.07, 6.45) is 3.06. The lowest BCUT2D eigenvalue weighted by Gasteiger charge is -2.17. The molecule has 0 radical (unpaired) electrons. The van der Waals surface area contributed by atoms with Gasteiger partial charge in [-0.3, -0.25) is 0 Å². The lowest BCUT2D eigenvalue weighted by molar-refractivity contribution is 0.0680. The molecule has 1 N–H and O–H groups in total. The van der Waals surface area contributed by atoms with Crippen molar-refractivity contribution in [3.05, 3.63) is 17.2 Å². The summed E-state index contributed by atoms with van der Waals surface area (Å²) in [7, 11) is 0. The second-order valence-corrected chi connectivity index (χ2v) is 5.39. The molecule has 0 spiro atoms. The summed E-state index contributed by atoms with van der Waals surface area (Å²) in [4.78, 5) is 15.9. The number of hydrogen-bond donors (Lipinski definition) is 1. The first-order chi connectivity index (χ1) is 7.41. The van der Waals surface area contributed by atoms with Gasteiger partial charge < -0.3 is 9.67 Å². The first-order valence-electron chi connectivity index (χ1n) is 5.74. The van der Waals surface area contributed by atoms with Gasteiger partial charge in [-0.05, 0) is 12.8 Å². The maximum Gasteiger partial charge on any atom is 0.354 e. The normalized spacial score (nSPS) is 15.0. The van der Waals surface area contributed by atoms with E-state index in [-0.39, 0.29) is 17.8 Å². The predicted molar refractivity (Wildman–Crippen MR) is 68.1 cm³/mol. The average molecular weight is 259 g/mol. The summed E-state index contributed by atoms with van der Waals surface area (Å²) in [6.45, 7) is 6.81. The fourth-order valence-electron chi connectivity index (χ4n) is 2.22. The fraction of sp³-hybridized carbons (Fsp3) is 0.667. The van der Waals surface area contributed by atoms with Crippen LogP contribution in [0.5, 0.6) is 0 Å². The molecule has 1 aliphatic heterocycles. The molecule has 0 aliphatic carbocycles. The monoisotopic (exact) mass is 258 g/mol. The van der Waals surface area contributed by atoms with Gasteiger partial charge in [0.15, 0.2) is 5.69 Å². The van der Waals surface area contributed by atoms with Crippen LogP contribution < -0.4 is 0 Å². The van der Waals surface area contributed by atoms with Gasteiger partial charge in [0.1, 0.15) is 5.82 Å². The van der Waals surface area contributed by atoms with E-state index in [4.69, 9.17) is 0 Å². The highest BCUT2D eigenvalue weighted by Crippen LogP contribution is 2.28. The van der Waals surface area contributed by atoms with E-state index in [0.29, 0.717) is 5.69 Å². The Labute approximate surface area is 107 Å². The van der Waals surface area contributed by atoms with Gasteiger partial charge in [-0.25, -0.2) is 9.78 Å². The lowest BCUT2D eigenvalue weighted by atomic mass is 9.90. The molecule has 5 heteroatoms. The van der Waals surface area contributed by atoms with Gasteiger partial charge in [0.25, 0.3) is 0 Å². The molecule has 1 aromatic heterocycles. The van der Waals surface area contributed by atoms with E-state index < -0.39 is 5.97 Å². The summed E-state index contributed by atoms with van der Waals surface area (Å²) >= 11 is 0. The van der Waals surface area contributed by atoms with Crippen LogP contribution in [0.15, 0.2) is 0 Å². The zero-order valence-corrected chi connectivity index (χ0v) is 11.3. The number of nitrogens with zero attached hydrogens (tertiary/aromatic N) is 2. The maximum absolute atomic E-state index is 11.3. The van der Waals surface area contributed by atoms with Gasteiger partial charge in [-0.15, -0.1) is 12.4 Å². The van der Waals surface area contributed by atoms with Crippen molar-refractivity contribution in [3.63, 3.8) is 0 Å². The van der Waals surface area contributed by atoms with Crippen LogP contribution >= 0.6 is 12.4 Å². The van der Waals surface area contributed by atoms with E-state index >= 15 is 0 Å². The minimum Gasteiger partial charge on any atom is -0.477 e. The lowest BCUT2D eigenvalue weighted by Crippen LogP contribution is -2.20. The summed E-state index contributed by atoms with van der Waals surface area (Å²) in [6, 6.07) is 0. The van der Waals surface area contributed by atoms with Gasteiger partial charge in [0, 0.05) is 18.4 Å². The zero-order chi connectivity index (χ0) is 11.9. The molecule has 0 aromatic carbocycles. The van der Waals surface area contributed by atoms with Crippen molar-refractivity contribution in [2.75, 3.05) is 0 Å². The van der Waals surface area contributed by atoms with Gasteiger partial charge in [-0.2, -0.15) is 0 Å². The van der Waals surface area contributed by atoms with Gasteiger partial charge in [0.2, 0.25) is 0 Å². The molecule has 0 saturated carbocycles.